The van der Waals surface area contributed by atoms with Crippen LogP contribution in [0.3, 0.4) is 0 Å². The molecule has 1 atom stereocenters. The molecule has 1 aromatic carbocycles. The second kappa shape index (κ2) is 8.02. The van der Waals surface area contributed by atoms with Gasteiger partial charge in [-0.2, -0.15) is 5.26 Å². The molecule has 0 aliphatic carbocycles. The molecule has 9 nitrogen and oxygen atoms in total. The largest absolute Gasteiger partial charge is 0.478 e. The second-order valence-corrected chi connectivity index (χ2v) is 6.33. The predicted octanol–water partition coefficient (Wildman–Crippen LogP) is 2.01. The monoisotopic (exact) mass is 384 g/mol. The van der Waals surface area contributed by atoms with Crippen molar-refractivity contribution in [2.24, 2.45) is 0 Å². The Labute approximate surface area is 161 Å². The molecule has 28 heavy (non-hydrogen) atoms. The van der Waals surface area contributed by atoms with E-state index in [-0.39, 0.29) is 28.6 Å². The zero-order valence-electron chi connectivity index (χ0n) is 15.3. The number of rotatable bonds is 6. The number of hydrogen-bond acceptors (Lipinski definition) is 7. The molecule has 0 amide bonds. The van der Waals surface area contributed by atoms with Crippen LogP contribution in [0.1, 0.15) is 39.3 Å². The van der Waals surface area contributed by atoms with Crippen molar-refractivity contribution in [1.29, 1.82) is 5.26 Å². The first kappa shape index (κ1) is 19.3. The number of nitrogens with two attached hydrogens (primary N) is 1. The molecule has 1 saturated heterocycles. The molecule has 0 bridgehead atoms. The van der Waals surface area contributed by atoms with Crippen LogP contribution in [0.2, 0.25) is 0 Å². The van der Waals surface area contributed by atoms with Gasteiger partial charge in [0.15, 0.2) is 5.69 Å². The third-order valence-electron chi connectivity index (χ3n) is 4.59. The van der Waals surface area contributed by atoms with Gasteiger partial charge in [-0.25, -0.2) is 9.59 Å². The summed E-state index contributed by atoms with van der Waals surface area (Å²) >= 11 is 0. The van der Waals surface area contributed by atoms with Crippen molar-refractivity contribution in [1.82, 2.24) is 4.57 Å². The fraction of sp³-hybridized carbons (Fsp3) is 0.316. The summed E-state index contributed by atoms with van der Waals surface area (Å²) in [4.78, 5) is 23.7. The van der Waals surface area contributed by atoms with E-state index >= 15 is 0 Å². The average molecular weight is 384 g/mol. The van der Waals surface area contributed by atoms with Crippen LogP contribution in [0.15, 0.2) is 24.4 Å². The van der Waals surface area contributed by atoms with E-state index in [4.69, 9.17) is 15.2 Å². The van der Waals surface area contributed by atoms with Crippen molar-refractivity contribution in [3.8, 4) is 11.8 Å². The number of anilines is 2. The fourth-order valence-electron chi connectivity index (χ4n) is 3.15. The molecular weight excluding hydrogens is 364 g/mol. The summed E-state index contributed by atoms with van der Waals surface area (Å²) in [6.07, 6.45) is 3.36. The molecule has 0 saturated carbocycles. The van der Waals surface area contributed by atoms with Crippen LogP contribution < -0.4 is 11.1 Å². The Balaban J connectivity index is 2.10. The van der Waals surface area contributed by atoms with Crippen LogP contribution in [0.25, 0.3) is 5.69 Å². The average Bonchev–Trinajstić information content (AvgIpc) is 3.33. The minimum absolute atomic E-state index is 0.0271. The van der Waals surface area contributed by atoms with E-state index in [2.05, 4.69) is 5.32 Å². The summed E-state index contributed by atoms with van der Waals surface area (Å²) in [6.45, 7) is 1.23. The van der Waals surface area contributed by atoms with Crippen molar-refractivity contribution in [2.75, 3.05) is 31.3 Å². The predicted molar refractivity (Wildman–Crippen MR) is 101 cm³/mol. The van der Waals surface area contributed by atoms with Crippen LogP contribution in [0.5, 0.6) is 0 Å². The Bertz CT molecular complexity index is 954. The Morgan fingerprint density at radius 2 is 2.29 bits per heavy atom. The Hall–Kier alpha value is -3.51. The number of carboxylic acids is 1. The molecule has 2 heterocycles. The Kier molecular flexibility index (Phi) is 5.52. The highest BCUT2D eigenvalue weighted by molar-refractivity contribution is 5.97. The number of ether oxygens (including phenoxy) is 2. The van der Waals surface area contributed by atoms with E-state index in [0.717, 1.165) is 12.8 Å². The number of benzene rings is 1. The molecule has 1 aromatic heterocycles. The van der Waals surface area contributed by atoms with Gasteiger partial charge in [-0.05, 0) is 31.0 Å². The summed E-state index contributed by atoms with van der Waals surface area (Å²) in [5, 5.41) is 21.9. The maximum absolute atomic E-state index is 12.3. The number of carboxylic acid groups (broad SMARTS) is 1. The lowest BCUT2D eigenvalue weighted by molar-refractivity contribution is 0.0592. The molecule has 1 fully saturated rings. The number of carbonyl (C=O) groups excluding carboxylic acids is 1. The zero-order valence-corrected chi connectivity index (χ0v) is 15.3. The summed E-state index contributed by atoms with van der Waals surface area (Å²) in [6, 6.07) is 6.40. The SMILES string of the molecule is COC(=O)c1c(N)c(C#N)cn1-c1cc(C(=O)O)ccc1NCC1CCCO1. The topological polar surface area (TPSA) is 140 Å². The molecule has 9 heteroatoms. The number of nitriles is 1. The Morgan fingerprint density at radius 1 is 1.50 bits per heavy atom. The zero-order chi connectivity index (χ0) is 20.3. The lowest BCUT2D eigenvalue weighted by atomic mass is 10.1. The van der Waals surface area contributed by atoms with Crippen LogP contribution in [-0.4, -0.2) is 48.0 Å². The summed E-state index contributed by atoms with van der Waals surface area (Å²) in [7, 11) is 1.20. The molecule has 1 aliphatic rings. The van der Waals surface area contributed by atoms with Gasteiger partial charge in [0.1, 0.15) is 6.07 Å². The van der Waals surface area contributed by atoms with Crippen LogP contribution >= 0.6 is 0 Å². The lowest BCUT2D eigenvalue weighted by Crippen LogP contribution is -2.20. The first-order valence-corrected chi connectivity index (χ1v) is 8.68. The quantitative estimate of drug-likeness (QED) is 0.643. The minimum atomic E-state index is -1.12. The number of nitrogens with zero attached hydrogens (tertiary/aromatic N) is 2. The van der Waals surface area contributed by atoms with Gasteiger partial charge in [0.05, 0.1) is 41.4 Å². The van der Waals surface area contributed by atoms with Crippen LogP contribution in [0.4, 0.5) is 11.4 Å². The highest BCUT2D eigenvalue weighted by Gasteiger charge is 2.24. The van der Waals surface area contributed by atoms with Crippen molar-refractivity contribution < 1.29 is 24.2 Å². The molecule has 3 rings (SSSR count). The van der Waals surface area contributed by atoms with E-state index in [1.54, 1.807) is 6.07 Å². The number of nitrogens with one attached hydrogen (secondary N) is 1. The van der Waals surface area contributed by atoms with Crippen molar-refractivity contribution in [3.63, 3.8) is 0 Å². The first-order chi connectivity index (χ1) is 13.5. The van der Waals surface area contributed by atoms with Gasteiger partial charge in [0.25, 0.3) is 0 Å². The highest BCUT2D eigenvalue weighted by Crippen LogP contribution is 2.30. The summed E-state index contributed by atoms with van der Waals surface area (Å²) in [5.74, 6) is -1.85. The van der Waals surface area contributed by atoms with Crippen LogP contribution in [0, 0.1) is 11.3 Å². The van der Waals surface area contributed by atoms with E-state index < -0.39 is 11.9 Å². The highest BCUT2D eigenvalue weighted by atomic mass is 16.5. The number of esters is 1. The van der Waals surface area contributed by atoms with Gasteiger partial charge in [0, 0.05) is 19.3 Å². The smallest absolute Gasteiger partial charge is 0.357 e. The van der Waals surface area contributed by atoms with Gasteiger partial charge in [-0.15, -0.1) is 0 Å². The van der Waals surface area contributed by atoms with Crippen molar-refractivity contribution >= 4 is 23.3 Å². The third-order valence-corrected chi connectivity index (χ3v) is 4.59. The molecule has 2 aromatic rings. The fourth-order valence-corrected chi connectivity index (χ4v) is 3.15. The molecule has 0 spiro atoms. The second-order valence-electron chi connectivity index (χ2n) is 6.33. The lowest BCUT2D eigenvalue weighted by Gasteiger charge is -2.18. The number of methoxy groups -OCH3 is 1. The molecule has 1 aliphatic heterocycles. The normalized spacial score (nSPS) is 15.8. The number of aromatic nitrogens is 1. The van der Waals surface area contributed by atoms with Crippen molar-refractivity contribution in [3.05, 3.63) is 41.2 Å². The maximum Gasteiger partial charge on any atom is 0.357 e. The molecule has 4 N–H and O–H groups in total. The number of hydrogen-bond donors (Lipinski definition) is 3. The summed E-state index contributed by atoms with van der Waals surface area (Å²) in [5.41, 5.74) is 6.94. The number of carbonyl (C=O) groups is 2. The molecule has 146 valence electrons. The van der Waals surface area contributed by atoms with E-state index in [9.17, 15) is 20.0 Å². The van der Waals surface area contributed by atoms with Gasteiger partial charge < -0.3 is 30.2 Å². The standard InChI is InChI=1S/C19H20N4O5/c1-27-19(26)17-16(21)12(8-20)10-23(17)15-7-11(18(24)25)4-5-14(15)22-9-13-3-2-6-28-13/h4-5,7,10,13,22H,2-3,6,9,21H2,1H3,(H,24,25). The number of nitrogen functional groups attached to an aromatic ring is 1. The van der Waals surface area contributed by atoms with Gasteiger partial charge >= 0.3 is 11.9 Å². The maximum atomic E-state index is 12.3. The van der Waals surface area contributed by atoms with Gasteiger partial charge in [0.2, 0.25) is 0 Å². The number of aromatic carboxylic acids is 1. The van der Waals surface area contributed by atoms with Crippen molar-refractivity contribution in [2.45, 2.75) is 18.9 Å². The van der Waals surface area contributed by atoms with Gasteiger partial charge in [-0.1, -0.05) is 0 Å². The minimum Gasteiger partial charge on any atom is -0.478 e. The van der Waals surface area contributed by atoms with E-state index in [0.29, 0.717) is 24.5 Å². The molecule has 0 radical (unpaired) electrons. The van der Waals surface area contributed by atoms with Crippen LogP contribution in [-0.2, 0) is 9.47 Å². The third kappa shape index (κ3) is 3.63. The van der Waals surface area contributed by atoms with Gasteiger partial charge in [-0.3, -0.25) is 0 Å². The summed E-state index contributed by atoms with van der Waals surface area (Å²) < 4.78 is 11.8. The molecule has 1 unspecified atom stereocenters. The molecular formula is C19H20N4O5. The van der Waals surface area contributed by atoms with E-state index in [1.807, 2.05) is 6.07 Å². The Morgan fingerprint density at radius 3 is 2.89 bits per heavy atom. The first-order valence-electron chi connectivity index (χ1n) is 8.68. The van der Waals surface area contributed by atoms with E-state index in [1.165, 1.54) is 30.0 Å².